The maximum Gasteiger partial charge on any atom is 0.338 e. The van der Waals surface area contributed by atoms with E-state index in [-0.39, 0.29) is 28.1 Å². The predicted molar refractivity (Wildman–Crippen MR) is 135 cm³/mol. The van der Waals surface area contributed by atoms with Crippen molar-refractivity contribution in [3.63, 3.8) is 0 Å². The molecule has 0 radical (unpaired) electrons. The molecule has 8 nitrogen and oxygen atoms in total. The number of hydrogen-bond donors (Lipinski definition) is 3. The average Bonchev–Trinajstić information content (AvgIpc) is 3.20. The van der Waals surface area contributed by atoms with Crippen LogP contribution >= 0.6 is 0 Å². The number of anilines is 1. The summed E-state index contributed by atoms with van der Waals surface area (Å²) in [6.07, 6.45) is 0.700. The van der Waals surface area contributed by atoms with Crippen molar-refractivity contribution in [3.8, 4) is 5.75 Å². The van der Waals surface area contributed by atoms with E-state index in [1.54, 1.807) is 13.2 Å². The second-order valence-corrected chi connectivity index (χ2v) is 8.70. The van der Waals surface area contributed by atoms with Gasteiger partial charge in [-0.2, -0.15) is 0 Å². The Balaban J connectivity index is 0.000000236. The van der Waals surface area contributed by atoms with E-state index in [9.17, 15) is 14.4 Å². The fourth-order valence-electron chi connectivity index (χ4n) is 4.44. The minimum atomic E-state index is -1.11. The van der Waals surface area contributed by atoms with Crippen LogP contribution in [0.1, 0.15) is 54.7 Å². The number of carbonyl (C=O) groups is 3. The number of nitrogens with one attached hydrogen (secondary N) is 1. The Kier molecular flexibility index (Phi) is 7.99. The van der Waals surface area contributed by atoms with Crippen LogP contribution in [0.4, 0.5) is 5.69 Å². The molecule has 0 aromatic heterocycles. The molecule has 0 saturated carbocycles. The van der Waals surface area contributed by atoms with Gasteiger partial charge in [0.05, 0.1) is 30.9 Å². The maximum atomic E-state index is 12.1. The number of aromatic carboxylic acids is 2. The molecule has 3 aromatic carbocycles. The number of esters is 1. The van der Waals surface area contributed by atoms with Crippen LogP contribution in [0.3, 0.4) is 0 Å². The first-order chi connectivity index (χ1) is 17.1. The zero-order chi connectivity index (χ0) is 26.5. The van der Waals surface area contributed by atoms with E-state index in [4.69, 9.17) is 19.7 Å². The van der Waals surface area contributed by atoms with Gasteiger partial charge in [0.25, 0.3) is 0 Å². The number of rotatable bonds is 6. The van der Waals surface area contributed by atoms with Crippen molar-refractivity contribution < 1.29 is 34.1 Å². The second-order valence-electron chi connectivity index (χ2n) is 8.70. The van der Waals surface area contributed by atoms with E-state index < -0.39 is 11.9 Å². The summed E-state index contributed by atoms with van der Waals surface area (Å²) in [7, 11) is 3.03. The van der Waals surface area contributed by atoms with E-state index >= 15 is 0 Å². The molecular weight excluding hydrogens is 462 g/mol. The summed E-state index contributed by atoms with van der Waals surface area (Å²) in [5.41, 5.74) is 4.11. The maximum absolute atomic E-state index is 12.1. The lowest BCUT2D eigenvalue weighted by Crippen LogP contribution is -2.28. The lowest BCUT2D eigenvalue weighted by atomic mass is 9.78. The Morgan fingerprint density at radius 3 is 2.06 bits per heavy atom. The topological polar surface area (TPSA) is 122 Å². The first kappa shape index (κ1) is 26.3. The molecule has 1 heterocycles. The highest BCUT2D eigenvalue weighted by Gasteiger charge is 2.36. The Morgan fingerprint density at radius 2 is 1.47 bits per heavy atom. The van der Waals surface area contributed by atoms with Gasteiger partial charge in [-0.3, -0.25) is 0 Å². The molecule has 0 fully saturated rings. The highest BCUT2D eigenvalue weighted by Crippen LogP contribution is 2.41. The summed E-state index contributed by atoms with van der Waals surface area (Å²) in [6.45, 7) is 4.51. The van der Waals surface area contributed by atoms with Gasteiger partial charge in [0.2, 0.25) is 0 Å². The molecule has 3 aromatic rings. The van der Waals surface area contributed by atoms with Crippen LogP contribution in [0.2, 0.25) is 0 Å². The molecule has 0 saturated heterocycles. The molecule has 1 unspecified atom stereocenters. The summed E-state index contributed by atoms with van der Waals surface area (Å²) >= 11 is 0. The summed E-state index contributed by atoms with van der Waals surface area (Å²) in [6, 6.07) is 18.0. The Hall–Kier alpha value is -4.33. The molecule has 1 aliphatic heterocycles. The third-order valence-corrected chi connectivity index (χ3v) is 6.37. The molecular formula is C28H29NO7. The predicted octanol–water partition coefficient (Wildman–Crippen LogP) is 4.80. The quantitative estimate of drug-likeness (QED) is 0.421. The number of fused-ring (bicyclic) bond motifs is 1. The summed E-state index contributed by atoms with van der Waals surface area (Å²) in [5, 5.41) is 20.8. The summed E-state index contributed by atoms with van der Waals surface area (Å²) in [4.78, 5) is 33.3. The normalized spacial score (nSPS) is 15.6. The molecule has 8 heteroatoms. The van der Waals surface area contributed by atoms with Crippen molar-refractivity contribution in [1.82, 2.24) is 0 Å². The van der Waals surface area contributed by atoms with Crippen molar-refractivity contribution in [2.24, 2.45) is 0 Å². The Morgan fingerprint density at radius 1 is 0.889 bits per heavy atom. The monoisotopic (exact) mass is 491 g/mol. The SMILES string of the molecule is COC(=O)c1cccc(OC)c1CC1(C)CNc2ccccc21.Cc1c(C(=O)O)cccc1C(=O)O. The largest absolute Gasteiger partial charge is 0.496 e. The molecule has 36 heavy (non-hydrogen) atoms. The Labute approximate surface area is 209 Å². The van der Waals surface area contributed by atoms with Crippen LogP contribution in [-0.2, 0) is 16.6 Å². The number of hydrogen-bond acceptors (Lipinski definition) is 6. The fourth-order valence-corrected chi connectivity index (χ4v) is 4.44. The third-order valence-electron chi connectivity index (χ3n) is 6.37. The van der Waals surface area contributed by atoms with Crippen molar-refractivity contribution in [3.05, 3.63) is 94.0 Å². The van der Waals surface area contributed by atoms with Crippen molar-refractivity contribution in [1.29, 1.82) is 0 Å². The lowest BCUT2D eigenvalue weighted by Gasteiger charge is -2.26. The van der Waals surface area contributed by atoms with E-state index in [0.29, 0.717) is 12.0 Å². The average molecular weight is 492 g/mol. The fraction of sp³-hybridized carbons (Fsp3) is 0.250. The first-order valence-corrected chi connectivity index (χ1v) is 11.3. The van der Waals surface area contributed by atoms with Crippen LogP contribution in [0.15, 0.2) is 60.7 Å². The van der Waals surface area contributed by atoms with Gasteiger partial charge in [-0.25, -0.2) is 14.4 Å². The molecule has 1 aliphatic rings. The smallest absolute Gasteiger partial charge is 0.338 e. The number of carboxylic acid groups (broad SMARTS) is 2. The molecule has 4 rings (SSSR count). The van der Waals surface area contributed by atoms with Crippen LogP contribution in [0, 0.1) is 6.92 Å². The number of methoxy groups -OCH3 is 2. The molecule has 0 amide bonds. The van der Waals surface area contributed by atoms with Gasteiger partial charge in [-0.15, -0.1) is 0 Å². The van der Waals surface area contributed by atoms with Crippen LogP contribution in [0.5, 0.6) is 5.75 Å². The van der Waals surface area contributed by atoms with Gasteiger partial charge in [-0.1, -0.05) is 37.3 Å². The number of carbonyl (C=O) groups excluding carboxylic acids is 1. The van der Waals surface area contributed by atoms with Gasteiger partial charge in [0.15, 0.2) is 0 Å². The first-order valence-electron chi connectivity index (χ1n) is 11.3. The number of ether oxygens (including phenoxy) is 2. The highest BCUT2D eigenvalue weighted by molar-refractivity contribution is 5.96. The zero-order valence-electron chi connectivity index (χ0n) is 20.6. The molecule has 188 valence electrons. The zero-order valence-corrected chi connectivity index (χ0v) is 20.6. The van der Waals surface area contributed by atoms with E-state index in [1.165, 1.54) is 37.8 Å². The summed E-state index contributed by atoms with van der Waals surface area (Å²) in [5.74, 6) is -1.83. The van der Waals surface area contributed by atoms with E-state index in [1.807, 2.05) is 24.3 Å². The number of carboxylic acids is 2. The minimum Gasteiger partial charge on any atom is -0.496 e. The van der Waals surface area contributed by atoms with Gasteiger partial charge < -0.3 is 25.0 Å². The minimum absolute atomic E-state index is 0.0277. The third kappa shape index (κ3) is 5.33. The van der Waals surface area contributed by atoms with Crippen LogP contribution in [0.25, 0.3) is 0 Å². The molecule has 0 bridgehead atoms. The van der Waals surface area contributed by atoms with Gasteiger partial charge in [-0.05, 0) is 54.8 Å². The standard InChI is InChI=1S/C19H21NO3.C9H8O4/c1-19(12-20-16-9-5-4-8-15(16)19)11-14-13(18(21)23-3)7-6-10-17(14)22-2;1-5-6(8(10)11)3-2-4-7(5)9(12)13/h4-10,20H,11-12H2,1-3H3;2-4H,1H3,(H,10,11)(H,12,13). The van der Waals surface area contributed by atoms with Gasteiger partial charge >= 0.3 is 17.9 Å². The van der Waals surface area contributed by atoms with Crippen LogP contribution < -0.4 is 10.1 Å². The van der Waals surface area contributed by atoms with Crippen LogP contribution in [-0.4, -0.2) is 48.9 Å². The highest BCUT2D eigenvalue weighted by atomic mass is 16.5. The number of para-hydroxylation sites is 1. The van der Waals surface area contributed by atoms with Crippen molar-refractivity contribution in [2.45, 2.75) is 25.7 Å². The lowest BCUT2D eigenvalue weighted by molar-refractivity contribution is 0.0596. The summed E-state index contributed by atoms with van der Waals surface area (Å²) < 4.78 is 10.4. The molecule has 3 N–H and O–H groups in total. The second kappa shape index (κ2) is 10.9. The molecule has 0 spiro atoms. The number of benzene rings is 3. The van der Waals surface area contributed by atoms with E-state index in [2.05, 4.69) is 24.4 Å². The van der Waals surface area contributed by atoms with Gasteiger partial charge in [0.1, 0.15) is 5.75 Å². The van der Waals surface area contributed by atoms with Crippen molar-refractivity contribution in [2.75, 3.05) is 26.1 Å². The Bertz CT molecular complexity index is 1270. The van der Waals surface area contributed by atoms with Gasteiger partial charge in [0, 0.05) is 23.2 Å². The molecule has 1 atom stereocenters. The van der Waals surface area contributed by atoms with Crippen molar-refractivity contribution >= 4 is 23.6 Å². The van der Waals surface area contributed by atoms with E-state index in [0.717, 1.165) is 23.5 Å². The molecule has 0 aliphatic carbocycles.